The lowest BCUT2D eigenvalue weighted by Crippen LogP contribution is -2.26. The Morgan fingerprint density at radius 2 is 1.83 bits per heavy atom. The van der Waals surface area contributed by atoms with E-state index in [0.29, 0.717) is 11.8 Å². The molecule has 0 N–H and O–H groups in total. The highest BCUT2D eigenvalue weighted by Gasteiger charge is 2.40. The van der Waals surface area contributed by atoms with Crippen molar-refractivity contribution >= 4 is 12.1 Å². The van der Waals surface area contributed by atoms with Gasteiger partial charge in [0.2, 0.25) is 5.78 Å². The van der Waals surface area contributed by atoms with Crippen molar-refractivity contribution in [1.82, 2.24) is 0 Å². The zero-order chi connectivity index (χ0) is 13.8. The molecule has 0 aliphatic carbocycles. The van der Waals surface area contributed by atoms with Crippen molar-refractivity contribution in [2.75, 3.05) is 0 Å². The molecule has 1 rings (SSSR count). The molecule has 98 valence electrons. The van der Waals surface area contributed by atoms with E-state index in [9.17, 15) is 22.8 Å². The van der Waals surface area contributed by atoms with Crippen LogP contribution in [-0.2, 0) is 9.59 Å². The van der Waals surface area contributed by atoms with Gasteiger partial charge in [-0.2, -0.15) is 13.2 Å². The van der Waals surface area contributed by atoms with Crippen LogP contribution in [0.2, 0.25) is 0 Å². The molecular formula is C13H13F3O2. The Balaban J connectivity index is 2.94. The standard InChI is InChI=1S/C13H13F3O2/c1-9(8-17)11(7-12(18)13(14,15)16)10-5-3-2-4-6-10/h2-6,8-9,11H,7H2,1H3. The minimum atomic E-state index is -4.85. The minimum Gasteiger partial charge on any atom is -0.303 e. The maximum absolute atomic E-state index is 12.3. The number of Topliss-reactive ketones (excluding diaryl/α,β-unsaturated/α-hetero) is 1. The number of carbonyl (C=O) groups is 2. The summed E-state index contributed by atoms with van der Waals surface area (Å²) >= 11 is 0. The average molecular weight is 258 g/mol. The summed E-state index contributed by atoms with van der Waals surface area (Å²) < 4.78 is 36.8. The molecule has 0 radical (unpaired) electrons. The molecule has 0 saturated heterocycles. The van der Waals surface area contributed by atoms with Gasteiger partial charge < -0.3 is 4.79 Å². The highest BCUT2D eigenvalue weighted by Crippen LogP contribution is 2.31. The largest absolute Gasteiger partial charge is 0.449 e. The number of ketones is 1. The molecular weight excluding hydrogens is 245 g/mol. The van der Waals surface area contributed by atoms with Gasteiger partial charge in [0.05, 0.1) is 0 Å². The Bertz CT molecular complexity index is 412. The van der Waals surface area contributed by atoms with Gasteiger partial charge in [-0.3, -0.25) is 4.79 Å². The number of hydrogen-bond donors (Lipinski definition) is 0. The summed E-state index contributed by atoms with van der Waals surface area (Å²) in [6.45, 7) is 1.51. The first-order chi connectivity index (χ1) is 8.36. The molecule has 2 unspecified atom stereocenters. The zero-order valence-corrected chi connectivity index (χ0v) is 9.78. The van der Waals surface area contributed by atoms with E-state index in [1.807, 2.05) is 0 Å². The van der Waals surface area contributed by atoms with Crippen LogP contribution >= 0.6 is 0 Å². The van der Waals surface area contributed by atoms with Crippen LogP contribution in [0.15, 0.2) is 30.3 Å². The molecule has 2 nitrogen and oxygen atoms in total. The third kappa shape index (κ3) is 3.68. The molecule has 0 aliphatic heterocycles. The second-order valence-corrected chi connectivity index (χ2v) is 4.14. The van der Waals surface area contributed by atoms with Crippen LogP contribution in [0.3, 0.4) is 0 Å². The molecule has 0 amide bonds. The smallest absolute Gasteiger partial charge is 0.303 e. The lowest BCUT2D eigenvalue weighted by Gasteiger charge is -2.20. The first kappa shape index (κ1) is 14.4. The van der Waals surface area contributed by atoms with Gasteiger partial charge in [0, 0.05) is 18.3 Å². The maximum atomic E-state index is 12.3. The van der Waals surface area contributed by atoms with Crippen LogP contribution in [0.25, 0.3) is 0 Å². The SMILES string of the molecule is CC(C=O)C(CC(=O)C(F)(F)F)c1ccccc1. The van der Waals surface area contributed by atoms with Crippen molar-refractivity contribution in [3.63, 3.8) is 0 Å². The zero-order valence-electron chi connectivity index (χ0n) is 9.78. The molecule has 0 aliphatic rings. The molecule has 0 spiro atoms. The first-order valence-electron chi connectivity index (χ1n) is 5.46. The molecule has 0 fully saturated rings. The highest BCUT2D eigenvalue weighted by atomic mass is 19.4. The van der Waals surface area contributed by atoms with Crippen molar-refractivity contribution in [3.05, 3.63) is 35.9 Å². The monoisotopic (exact) mass is 258 g/mol. The maximum Gasteiger partial charge on any atom is 0.449 e. The molecule has 1 aromatic rings. The third-order valence-corrected chi connectivity index (χ3v) is 2.80. The van der Waals surface area contributed by atoms with Gasteiger partial charge in [0.25, 0.3) is 0 Å². The first-order valence-corrected chi connectivity index (χ1v) is 5.46. The summed E-state index contributed by atoms with van der Waals surface area (Å²) in [6, 6.07) is 8.29. The number of carbonyl (C=O) groups excluding carboxylic acids is 2. The second-order valence-electron chi connectivity index (χ2n) is 4.14. The van der Waals surface area contributed by atoms with Crippen LogP contribution in [0, 0.1) is 5.92 Å². The molecule has 0 aromatic heterocycles. The predicted octanol–water partition coefficient (Wildman–Crippen LogP) is 3.13. The van der Waals surface area contributed by atoms with E-state index in [1.165, 1.54) is 6.92 Å². The fourth-order valence-corrected chi connectivity index (χ4v) is 1.72. The number of rotatable bonds is 5. The lowest BCUT2D eigenvalue weighted by molar-refractivity contribution is -0.171. The van der Waals surface area contributed by atoms with E-state index in [-0.39, 0.29) is 0 Å². The van der Waals surface area contributed by atoms with Crippen LogP contribution in [-0.4, -0.2) is 18.2 Å². The quantitative estimate of drug-likeness (QED) is 0.760. The number of benzene rings is 1. The summed E-state index contributed by atoms with van der Waals surface area (Å²) in [6.07, 6.45) is -4.98. The van der Waals surface area contributed by atoms with Crippen molar-refractivity contribution in [2.45, 2.75) is 25.4 Å². The van der Waals surface area contributed by atoms with Crippen molar-refractivity contribution in [3.8, 4) is 0 Å². The molecule has 1 aromatic carbocycles. The Hall–Kier alpha value is -1.65. The van der Waals surface area contributed by atoms with E-state index in [2.05, 4.69) is 0 Å². The number of hydrogen-bond acceptors (Lipinski definition) is 2. The topological polar surface area (TPSA) is 34.1 Å². The summed E-state index contributed by atoms with van der Waals surface area (Å²) in [5.74, 6) is -3.18. The number of alkyl halides is 3. The van der Waals surface area contributed by atoms with E-state index in [4.69, 9.17) is 0 Å². The minimum absolute atomic E-state index is 0.565. The number of aldehydes is 1. The predicted molar refractivity (Wildman–Crippen MR) is 60.1 cm³/mol. The van der Waals surface area contributed by atoms with Crippen molar-refractivity contribution < 1.29 is 22.8 Å². The second kappa shape index (κ2) is 5.80. The fraction of sp³-hybridized carbons (Fsp3) is 0.385. The Morgan fingerprint density at radius 1 is 1.28 bits per heavy atom. The van der Waals surface area contributed by atoms with Gasteiger partial charge in [0.15, 0.2) is 0 Å². The van der Waals surface area contributed by atoms with Gasteiger partial charge in [-0.05, 0) is 5.56 Å². The molecule has 18 heavy (non-hydrogen) atoms. The van der Waals surface area contributed by atoms with E-state index in [0.717, 1.165) is 0 Å². The van der Waals surface area contributed by atoms with Gasteiger partial charge in [0.1, 0.15) is 6.29 Å². The lowest BCUT2D eigenvalue weighted by atomic mass is 9.84. The summed E-state index contributed by atoms with van der Waals surface area (Å²) in [5.41, 5.74) is 0.565. The van der Waals surface area contributed by atoms with Crippen LogP contribution in [0.4, 0.5) is 13.2 Å². The molecule has 0 heterocycles. The molecule has 5 heteroatoms. The van der Waals surface area contributed by atoms with Crippen LogP contribution in [0.1, 0.15) is 24.8 Å². The van der Waals surface area contributed by atoms with Gasteiger partial charge in [-0.25, -0.2) is 0 Å². The molecule has 0 saturated carbocycles. The van der Waals surface area contributed by atoms with Crippen LogP contribution in [0.5, 0.6) is 0 Å². The normalized spacial score (nSPS) is 14.9. The molecule has 2 atom stereocenters. The van der Waals surface area contributed by atoms with Crippen molar-refractivity contribution in [2.24, 2.45) is 5.92 Å². The Morgan fingerprint density at radius 3 is 2.28 bits per heavy atom. The summed E-state index contributed by atoms with van der Waals surface area (Å²) in [4.78, 5) is 21.8. The summed E-state index contributed by atoms with van der Waals surface area (Å²) in [7, 11) is 0. The molecule has 0 bridgehead atoms. The van der Waals surface area contributed by atoms with E-state index < -0.39 is 30.2 Å². The van der Waals surface area contributed by atoms with Crippen LogP contribution < -0.4 is 0 Å². The summed E-state index contributed by atoms with van der Waals surface area (Å²) in [5, 5.41) is 0. The van der Waals surface area contributed by atoms with E-state index >= 15 is 0 Å². The Kier molecular flexibility index (Phi) is 4.64. The van der Waals surface area contributed by atoms with Gasteiger partial charge in [-0.1, -0.05) is 37.3 Å². The van der Waals surface area contributed by atoms with E-state index in [1.54, 1.807) is 30.3 Å². The van der Waals surface area contributed by atoms with Gasteiger partial charge in [-0.15, -0.1) is 0 Å². The highest BCUT2D eigenvalue weighted by molar-refractivity contribution is 5.85. The van der Waals surface area contributed by atoms with Crippen molar-refractivity contribution in [1.29, 1.82) is 0 Å². The fourth-order valence-electron chi connectivity index (χ4n) is 1.72. The average Bonchev–Trinajstić information content (AvgIpc) is 2.34. The number of halogens is 3. The van der Waals surface area contributed by atoms with Gasteiger partial charge >= 0.3 is 6.18 Å². The third-order valence-electron chi connectivity index (χ3n) is 2.80. The Labute approximate surface area is 103 Å².